The number of H-pyrrole nitrogens is 1. The number of hydroxylamine groups is 1. The summed E-state index contributed by atoms with van der Waals surface area (Å²) < 4.78 is 0. The average molecular weight is 176 g/mol. The fourth-order valence-corrected chi connectivity index (χ4v) is 1.14. The summed E-state index contributed by atoms with van der Waals surface area (Å²) >= 11 is 0. The van der Waals surface area contributed by atoms with Crippen LogP contribution in [-0.2, 0) is 0 Å². The molecule has 0 aliphatic carbocycles. The third kappa shape index (κ3) is 1.36. The van der Waals surface area contributed by atoms with Crippen LogP contribution in [0, 0.1) is 0 Å². The Hall–Kier alpha value is -1.88. The number of hydrogen-bond acceptors (Lipinski definition) is 3. The van der Waals surface area contributed by atoms with E-state index >= 15 is 0 Å². The summed E-state index contributed by atoms with van der Waals surface area (Å²) in [6.45, 7) is 0. The van der Waals surface area contributed by atoms with Crippen LogP contribution in [0.3, 0.4) is 0 Å². The lowest BCUT2D eigenvalue weighted by Crippen LogP contribution is -2.00. The molecule has 0 saturated heterocycles. The van der Waals surface area contributed by atoms with Gasteiger partial charge in [-0.05, 0) is 12.1 Å². The minimum Gasteiger partial charge on any atom is -0.290 e. The molecule has 2 aromatic rings. The van der Waals surface area contributed by atoms with E-state index in [9.17, 15) is 0 Å². The van der Waals surface area contributed by atoms with Crippen molar-refractivity contribution in [1.82, 2.24) is 15.7 Å². The number of rotatable bonds is 2. The molecule has 0 saturated carbocycles. The van der Waals surface area contributed by atoms with Crippen LogP contribution in [0.5, 0.6) is 0 Å². The lowest BCUT2D eigenvalue weighted by atomic mass is 10.2. The predicted molar refractivity (Wildman–Crippen MR) is 49.2 cm³/mol. The molecular weight excluding hydrogens is 168 g/mol. The number of hydrogen-bond donors (Lipinski definition) is 3. The van der Waals surface area contributed by atoms with E-state index in [1.54, 1.807) is 0 Å². The summed E-state index contributed by atoms with van der Waals surface area (Å²) in [4.78, 5) is 3.88. The Morgan fingerprint density at radius 3 is 3.15 bits per heavy atom. The minimum atomic E-state index is 0.553. The Labute approximate surface area is 74.1 Å². The maximum Gasteiger partial charge on any atom is 0.182 e. The van der Waals surface area contributed by atoms with Crippen LogP contribution in [0.15, 0.2) is 29.3 Å². The second-order valence-electron chi connectivity index (χ2n) is 2.48. The van der Waals surface area contributed by atoms with E-state index in [0.29, 0.717) is 5.82 Å². The van der Waals surface area contributed by atoms with E-state index in [2.05, 4.69) is 15.2 Å². The van der Waals surface area contributed by atoms with Gasteiger partial charge in [0.05, 0.1) is 5.52 Å². The molecule has 0 amide bonds. The quantitative estimate of drug-likeness (QED) is 0.365. The molecule has 3 N–H and O–H groups in total. The second kappa shape index (κ2) is 3.24. The van der Waals surface area contributed by atoms with Gasteiger partial charge in [0.15, 0.2) is 5.82 Å². The number of nitrogens with one attached hydrogen (secondary N) is 2. The third-order valence-corrected chi connectivity index (χ3v) is 1.69. The van der Waals surface area contributed by atoms with Gasteiger partial charge in [0.1, 0.15) is 6.34 Å². The van der Waals surface area contributed by atoms with Crippen molar-refractivity contribution in [3.8, 4) is 0 Å². The first-order valence-corrected chi connectivity index (χ1v) is 3.77. The molecule has 1 aromatic heterocycles. The zero-order valence-corrected chi connectivity index (χ0v) is 6.73. The van der Waals surface area contributed by atoms with Crippen LogP contribution in [0.4, 0.5) is 5.82 Å². The van der Waals surface area contributed by atoms with Crippen LogP contribution in [-0.4, -0.2) is 21.7 Å². The van der Waals surface area contributed by atoms with Crippen molar-refractivity contribution >= 4 is 23.1 Å². The van der Waals surface area contributed by atoms with Gasteiger partial charge in [0, 0.05) is 5.39 Å². The van der Waals surface area contributed by atoms with Crippen LogP contribution in [0.2, 0.25) is 0 Å². The molecule has 0 unspecified atom stereocenters. The molecule has 0 aliphatic heterocycles. The van der Waals surface area contributed by atoms with Crippen LogP contribution >= 0.6 is 0 Å². The number of aromatic nitrogens is 2. The molecule has 5 heteroatoms. The van der Waals surface area contributed by atoms with E-state index in [1.807, 2.05) is 29.7 Å². The fraction of sp³-hybridized carbons (Fsp3) is 0. The highest BCUT2D eigenvalue weighted by molar-refractivity contribution is 5.89. The van der Waals surface area contributed by atoms with Crippen molar-refractivity contribution in [2.24, 2.45) is 4.99 Å². The molecule has 0 fully saturated rings. The topological polar surface area (TPSA) is 73.3 Å². The van der Waals surface area contributed by atoms with E-state index < -0.39 is 0 Å². The van der Waals surface area contributed by atoms with Gasteiger partial charge < -0.3 is 0 Å². The molecule has 2 rings (SSSR count). The summed E-state index contributed by atoms with van der Waals surface area (Å²) in [6.07, 6.45) is 1.17. The number of nitrogens with zero attached hydrogens (tertiary/aromatic N) is 2. The van der Waals surface area contributed by atoms with Gasteiger partial charge in [-0.3, -0.25) is 15.8 Å². The van der Waals surface area contributed by atoms with Crippen LogP contribution < -0.4 is 5.48 Å². The summed E-state index contributed by atoms with van der Waals surface area (Å²) in [5.41, 5.74) is 2.75. The summed E-state index contributed by atoms with van der Waals surface area (Å²) in [7, 11) is 0. The Morgan fingerprint density at radius 2 is 2.31 bits per heavy atom. The summed E-state index contributed by atoms with van der Waals surface area (Å²) in [6, 6.07) is 7.64. The van der Waals surface area contributed by atoms with Crippen LogP contribution in [0.25, 0.3) is 10.9 Å². The van der Waals surface area contributed by atoms with E-state index in [4.69, 9.17) is 5.21 Å². The third-order valence-electron chi connectivity index (χ3n) is 1.69. The molecule has 0 spiro atoms. The predicted octanol–water partition coefficient (Wildman–Crippen LogP) is 1.20. The highest BCUT2D eigenvalue weighted by atomic mass is 16.5. The maximum absolute atomic E-state index is 8.30. The van der Waals surface area contributed by atoms with Crippen LogP contribution in [0.1, 0.15) is 0 Å². The van der Waals surface area contributed by atoms with E-state index in [0.717, 1.165) is 10.9 Å². The zero-order chi connectivity index (χ0) is 9.10. The molecule has 0 bridgehead atoms. The molecule has 1 heterocycles. The van der Waals surface area contributed by atoms with E-state index in [-0.39, 0.29) is 0 Å². The number of fused-ring (bicyclic) bond motifs is 1. The molecule has 5 nitrogen and oxygen atoms in total. The number of para-hydroxylation sites is 1. The highest BCUT2D eigenvalue weighted by Gasteiger charge is 2.00. The lowest BCUT2D eigenvalue weighted by molar-refractivity contribution is 0.240. The number of benzene rings is 1. The fourth-order valence-electron chi connectivity index (χ4n) is 1.14. The largest absolute Gasteiger partial charge is 0.290 e. The van der Waals surface area contributed by atoms with Gasteiger partial charge in [-0.1, -0.05) is 12.1 Å². The van der Waals surface area contributed by atoms with Gasteiger partial charge in [-0.25, -0.2) is 4.99 Å². The van der Waals surface area contributed by atoms with Crippen molar-refractivity contribution in [2.45, 2.75) is 0 Å². The van der Waals surface area contributed by atoms with Gasteiger partial charge in [-0.2, -0.15) is 5.10 Å². The first-order valence-electron chi connectivity index (χ1n) is 3.77. The van der Waals surface area contributed by atoms with Crippen molar-refractivity contribution in [3.63, 3.8) is 0 Å². The lowest BCUT2D eigenvalue weighted by Gasteiger charge is -1.87. The minimum absolute atomic E-state index is 0.553. The van der Waals surface area contributed by atoms with Gasteiger partial charge in [0.2, 0.25) is 0 Å². The summed E-state index contributed by atoms with van der Waals surface area (Å²) in [5, 5.41) is 16.0. The Morgan fingerprint density at radius 1 is 1.46 bits per heavy atom. The Bertz CT molecular complexity index is 434. The van der Waals surface area contributed by atoms with E-state index in [1.165, 1.54) is 6.34 Å². The van der Waals surface area contributed by atoms with Gasteiger partial charge in [0.25, 0.3) is 0 Å². The van der Waals surface area contributed by atoms with Crippen molar-refractivity contribution in [1.29, 1.82) is 0 Å². The Balaban J connectivity index is 2.52. The van der Waals surface area contributed by atoms with Gasteiger partial charge in [-0.15, -0.1) is 0 Å². The molecule has 13 heavy (non-hydrogen) atoms. The molecular formula is C8H8N4O. The highest BCUT2D eigenvalue weighted by Crippen LogP contribution is 2.21. The number of aliphatic imine (C=N–C) groups is 1. The molecule has 0 radical (unpaired) electrons. The summed E-state index contributed by atoms with van der Waals surface area (Å²) in [5.74, 6) is 0.553. The first kappa shape index (κ1) is 7.75. The molecule has 1 aromatic carbocycles. The van der Waals surface area contributed by atoms with Crippen molar-refractivity contribution in [2.75, 3.05) is 0 Å². The van der Waals surface area contributed by atoms with Crippen molar-refractivity contribution in [3.05, 3.63) is 24.3 Å². The average Bonchev–Trinajstić information content (AvgIpc) is 2.58. The maximum atomic E-state index is 8.30. The van der Waals surface area contributed by atoms with Gasteiger partial charge >= 0.3 is 0 Å². The smallest absolute Gasteiger partial charge is 0.182 e. The number of aromatic amines is 1. The zero-order valence-electron chi connectivity index (χ0n) is 6.73. The van der Waals surface area contributed by atoms with Crippen molar-refractivity contribution < 1.29 is 5.21 Å². The molecule has 0 atom stereocenters. The second-order valence-corrected chi connectivity index (χ2v) is 2.48. The SMILES string of the molecule is ONC=Nc1n[nH]c2ccccc12. The standard InChI is InChI=1S/C8H8N4O/c13-10-5-9-8-6-3-1-2-4-7(6)11-12-8/h1-5,13H,(H2,9,10,11,12). The monoisotopic (exact) mass is 176 g/mol. The Kier molecular flexibility index (Phi) is 1.93. The molecule has 0 aliphatic rings. The molecule has 66 valence electrons. The first-order chi connectivity index (χ1) is 6.42. The normalized spacial score (nSPS) is 11.2.